The Balaban J connectivity index is 2.73. The van der Waals surface area contributed by atoms with Gasteiger partial charge in [-0.05, 0) is 17.7 Å². The summed E-state index contributed by atoms with van der Waals surface area (Å²) in [7, 11) is 1.65. The molecule has 0 atom stereocenters. The Morgan fingerprint density at radius 3 is 2.71 bits per heavy atom. The number of benzene rings is 1. The zero-order valence-corrected chi connectivity index (χ0v) is 10.8. The van der Waals surface area contributed by atoms with E-state index >= 15 is 0 Å². The van der Waals surface area contributed by atoms with Crippen molar-refractivity contribution in [2.75, 3.05) is 13.7 Å². The van der Waals surface area contributed by atoms with Gasteiger partial charge in [0.15, 0.2) is 11.5 Å². The van der Waals surface area contributed by atoms with Crippen LogP contribution in [0.4, 0.5) is 0 Å². The fourth-order valence-corrected chi connectivity index (χ4v) is 1.41. The van der Waals surface area contributed by atoms with Crippen molar-refractivity contribution in [2.45, 2.75) is 26.4 Å². The number of ether oxygens (including phenoxy) is 2. The quantitative estimate of drug-likeness (QED) is 0.737. The van der Waals surface area contributed by atoms with Crippen LogP contribution in [0.15, 0.2) is 30.9 Å². The summed E-state index contributed by atoms with van der Waals surface area (Å²) in [5.74, 6) is 1.51. The van der Waals surface area contributed by atoms with Crippen molar-refractivity contribution in [1.82, 2.24) is 5.32 Å². The minimum atomic E-state index is 0.470. The molecule has 0 aromatic heterocycles. The molecule has 1 aromatic carbocycles. The minimum absolute atomic E-state index is 0.470. The molecular formula is C14H21NO2. The summed E-state index contributed by atoms with van der Waals surface area (Å²) in [6, 6.07) is 6.43. The fourth-order valence-electron chi connectivity index (χ4n) is 1.41. The topological polar surface area (TPSA) is 30.5 Å². The molecule has 1 N–H and O–H groups in total. The molecule has 0 aliphatic heterocycles. The molecule has 1 aromatic rings. The number of methoxy groups -OCH3 is 1. The SMILES string of the molecule is C=CCOc1ccc(CNC(C)C)cc1OC. The number of hydrogen-bond acceptors (Lipinski definition) is 3. The molecule has 0 saturated heterocycles. The molecule has 0 radical (unpaired) electrons. The van der Waals surface area contributed by atoms with Gasteiger partial charge >= 0.3 is 0 Å². The maximum atomic E-state index is 5.49. The number of hydrogen-bond donors (Lipinski definition) is 1. The zero-order valence-electron chi connectivity index (χ0n) is 10.8. The van der Waals surface area contributed by atoms with Gasteiger partial charge in [0.05, 0.1) is 7.11 Å². The standard InChI is InChI=1S/C14H21NO2/c1-5-8-17-13-7-6-12(9-14(13)16-4)10-15-11(2)3/h5-7,9,11,15H,1,8,10H2,2-4H3. The van der Waals surface area contributed by atoms with E-state index in [2.05, 4.69) is 25.7 Å². The second kappa shape index (κ2) is 6.97. The minimum Gasteiger partial charge on any atom is -0.493 e. The molecule has 0 unspecified atom stereocenters. The lowest BCUT2D eigenvalue weighted by atomic mass is 10.2. The summed E-state index contributed by atoms with van der Waals surface area (Å²) < 4.78 is 10.8. The van der Waals surface area contributed by atoms with E-state index in [4.69, 9.17) is 9.47 Å². The summed E-state index contributed by atoms with van der Waals surface area (Å²) in [5, 5.41) is 3.36. The second-order valence-electron chi connectivity index (χ2n) is 4.12. The summed E-state index contributed by atoms with van der Waals surface area (Å²) >= 11 is 0. The van der Waals surface area contributed by atoms with Crippen LogP contribution >= 0.6 is 0 Å². The number of nitrogens with one attached hydrogen (secondary N) is 1. The average Bonchev–Trinajstić information content (AvgIpc) is 2.34. The summed E-state index contributed by atoms with van der Waals surface area (Å²) in [6.45, 7) is 9.18. The molecule has 17 heavy (non-hydrogen) atoms. The molecule has 3 nitrogen and oxygen atoms in total. The Morgan fingerprint density at radius 1 is 1.35 bits per heavy atom. The predicted octanol–water partition coefficient (Wildman–Crippen LogP) is 2.76. The third kappa shape index (κ3) is 4.49. The average molecular weight is 235 g/mol. The molecule has 0 aliphatic rings. The first-order valence-electron chi connectivity index (χ1n) is 5.81. The molecule has 3 heteroatoms. The van der Waals surface area contributed by atoms with Crippen LogP contribution in [0, 0.1) is 0 Å². The van der Waals surface area contributed by atoms with Crippen LogP contribution in [-0.2, 0) is 6.54 Å². The third-order valence-corrected chi connectivity index (χ3v) is 2.30. The molecule has 0 spiro atoms. The van der Waals surface area contributed by atoms with Crippen LogP contribution in [-0.4, -0.2) is 19.8 Å². The van der Waals surface area contributed by atoms with Crippen LogP contribution in [0.1, 0.15) is 19.4 Å². The van der Waals surface area contributed by atoms with E-state index in [1.54, 1.807) is 13.2 Å². The summed E-state index contributed by atoms with van der Waals surface area (Å²) in [6.07, 6.45) is 1.72. The lowest BCUT2D eigenvalue weighted by Crippen LogP contribution is -2.21. The van der Waals surface area contributed by atoms with Crippen molar-refractivity contribution in [3.63, 3.8) is 0 Å². The first-order chi connectivity index (χ1) is 8.17. The Labute approximate surface area is 103 Å². The van der Waals surface area contributed by atoms with Gasteiger partial charge < -0.3 is 14.8 Å². The van der Waals surface area contributed by atoms with E-state index in [0.717, 1.165) is 18.0 Å². The Bertz CT molecular complexity index is 361. The molecule has 0 saturated carbocycles. The van der Waals surface area contributed by atoms with E-state index in [-0.39, 0.29) is 0 Å². The van der Waals surface area contributed by atoms with E-state index in [1.807, 2.05) is 18.2 Å². The highest BCUT2D eigenvalue weighted by molar-refractivity contribution is 5.43. The highest BCUT2D eigenvalue weighted by atomic mass is 16.5. The lowest BCUT2D eigenvalue weighted by Gasteiger charge is -2.12. The van der Waals surface area contributed by atoms with Gasteiger partial charge in [-0.15, -0.1) is 0 Å². The summed E-state index contributed by atoms with van der Waals surface area (Å²) in [5.41, 5.74) is 1.18. The Hall–Kier alpha value is -1.48. The number of rotatable bonds is 7. The van der Waals surface area contributed by atoms with Crippen molar-refractivity contribution in [3.8, 4) is 11.5 Å². The maximum Gasteiger partial charge on any atom is 0.161 e. The van der Waals surface area contributed by atoms with Crippen molar-refractivity contribution >= 4 is 0 Å². The molecule has 0 fully saturated rings. The molecule has 0 aliphatic carbocycles. The van der Waals surface area contributed by atoms with Crippen molar-refractivity contribution < 1.29 is 9.47 Å². The van der Waals surface area contributed by atoms with E-state index in [1.165, 1.54) is 5.56 Å². The van der Waals surface area contributed by atoms with Gasteiger partial charge in [-0.25, -0.2) is 0 Å². The van der Waals surface area contributed by atoms with Crippen LogP contribution in [0.3, 0.4) is 0 Å². The van der Waals surface area contributed by atoms with Crippen LogP contribution in [0.2, 0.25) is 0 Å². The van der Waals surface area contributed by atoms with E-state index < -0.39 is 0 Å². The van der Waals surface area contributed by atoms with Gasteiger partial charge in [0.25, 0.3) is 0 Å². The summed E-state index contributed by atoms with van der Waals surface area (Å²) in [4.78, 5) is 0. The third-order valence-electron chi connectivity index (χ3n) is 2.30. The predicted molar refractivity (Wildman–Crippen MR) is 70.7 cm³/mol. The normalized spacial score (nSPS) is 10.4. The zero-order chi connectivity index (χ0) is 12.7. The largest absolute Gasteiger partial charge is 0.493 e. The van der Waals surface area contributed by atoms with Crippen molar-refractivity contribution in [1.29, 1.82) is 0 Å². The van der Waals surface area contributed by atoms with Crippen LogP contribution < -0.4 is 14.8 Å². The Morgan fingerprint density at radius 2 is 2.12 bits per heavy atom. The van der Waals surface area contributed by atoms with E-state index in [0.29, 0.717) is 12.6 Å². The van der Waals surface area contributed by atoms with Gasteiger partial charge in [-0.2, -0.15) is 0 Å². The van der Waals surface area contributed by atoms with Crippen molar-refractivity contribution in [3.05, 3.63) is 36.4 Å². The maximum absolute atomic E-state index is 5.49. The van der Waals surface area contributed by atoms with Gasteiger partial charge in [0.1, 0.15) is 6.61 Å². The second-order valence-corrected chi connectivity index (χ2v) is 4.12. The molecule has 94 valence electrons. The van der Waals surface area contributed by atoms with E-state index in [9.17, 15) is 0 Å². The Kier molecular flexibility index (Phi) is 5.57. The van der Waals surface area contributed by atoms with Gasteiger partial charge in [0, 0.05) is 12.6 Å². The van der Waals surface area contributed by atoms with Crippen molar-refractivity contribution in [2.24, 2.45) is 0 Å². The lowest BCUT2D eigenvalue weighted by molar-refractivity contribution is 0.326. The van der Waals surface area contributed by atoms with Crippen LogP contribution in [0.25, 0.3) is 0 Å². The smallest absolute Gasteiger partial charge is 0.161 e. The van der Waals surface area contributed by atoms with Gasteiger partial charge in [-0.3, -0.25) is 0 Å². The highest BCUT2D eigenvalue weighted by Crippen LogP contribution is 2.28. The first-order valence-corrected chi connectivity index (χ1v) is 5.81. The van der Waals surface area contributed by atoms with Crippen LogP contribution in [0.5, 0.6) is 11.5 Å². The molecule has 0 heterocycles. The molecule has 0 amide bonds. The van der Waals surface area contributed by atoms with Gasteiger partial charge in [0.2, 0.25) is 0 Å². The molecular weight excluding hydrogens is 214 g/mol. The fraction of sp³-hybridized carbons (Fsp3) is 0.429. The molecule has 1 rings (SSSR count). The molecule has 0 bridgehead atoms. The van der Waals surface area contributed by atoms with Gasteiger partial charge in [-0.1, -0.05) is 32.6 Å². The monoisotopic (exact) mass is 235 g/mol. The first kappa shape index (κ1) is 13.6. The highest BCUT2D eigenvalue weighted by Gasteiger charge is 2.05.